The van der Waals surface area contributed by atoms with Crippen molar-refractivity contribution in [2.45, 2.75) is 45.2 Å². The zero-order chi connectivity index (χ0) is 12.6. The molecule has 1 aliphatic heterocycles. The third kappa shape index (κ3) is 2.76. The van der Waals surface area contributed by atoms with Gasteiger partial charge in [0, 0.05) is 15.6 Å². The first-order valence-electron chi connectivity index (χ1n) is 5.73. The van der Waals surface area contributed by atoms with Crippen molar-refractivity contribution in [3.8, 4) is 0 Å². The van der Waals surface area contributed by atoms with Crippen LogP contribution in [0.1, 0.15) is 38.9 Å². The van der Waals surface area contributed by atoms with E-state index in [0.717, 1.165) is 12.0 Å². The molecule has 94 valence electrons. The molecule has 0 unspecified atom stereocenters. The van der Waals surface area contributed by atoms with Gasteiger partial charge in [0.25, 0.3) is 0 Å². The van der Waals surface area contributed by atoms with Crippen molar-refractivity contribution in [3.63, 3.8) is 0 Å². The predicted octanol–water partition coefficient (Wildman–Crippen LogP) is 4.60. The van der Waals surface area contributed by atoms with E-state index in [1.807, 2.05) is 26.0 Å². The third-order valence-electron chi connectivity index (χ3n) is 2.86. The molecule has 17 heavy (non-hydrogen) atoms. The standard InChI is InChI=1S/C13H16Cl2O2/c1-4-11-12(17-13(2,3)16-11)9-6-5-8(14)7-10(9)15/h5-7,11-12H,4H2,1-3H3/t11-,12+/m0/s1. The first-order chi connectivity index (χ1) is 7.93. The molecule has 1 aliphatic rings. The maximum Gasteiger partial charge on any atom is 0.164 e. The lowest BCUT2D eigenvalue weighted by molar-refractivity contribution is -0.147. The SMILES string of the molecule is CC[C@@H]1OC(C)(C)O[C@@H]1c1ccc(Cl)cc1Cl. The zero-order valence-corrected chi connectivity index (χ0v) is 11.7. The second kappa shape index (κ2) is 4.77. The Kier molecular flexibility index (Phi) is 3.69. The summed E-state index contributed by atoms with van der Waals surface area (Å²) in [6, 6.07) is 5.47. The number of hydrogen-bond acceptors (Lipinski definition) is 2. The highest BCUT2D eigenvalue weighted by atomic mass is 35.5. The zero-order valence-electron chi connectivity index (χ0n) is 10.2. The van der Waals surface area contributed by atoms with E-state index in [2.05, 4.69) is 6.92 Å². The first-order valence-corrected chi connectivity index (χ1v) is 6.49. The Bertz CT molecular complexity index is 418. The molecule has 1 aromatic rings. The van der Waals surface area contributed by atoms with Crippen molar-refractivity contribution >= 4 is 23.2 Å². The molecule has 1 fully saturated rings. The summed E-state index contributed by atoms with van der Waals surface area (Å²) in [6.07, 6.45) is 0.788. The summed E-state index contributed by atoms with van der Waals surface area (Å²) in [4.78, 5) is 0. The molecule has 0 saturated carbocycles. The van der Waals surface area contributed by atoms with Crippen molar-refractivity contribution < 1.29 is 9.47 Å². The molecule has 0 aromatic heterocycles. The molecular formula is C13H16Cl2O2. The average Bonchev–Trinajstić information content (AvgIpc) is 2.53. The van der Waals surface area contributed by atoms with E-state index in [1.165, 1.54) is 0 Å². The van der Waals surface area contributed by atoms with Crippen LogP contribution in [0.5, 0.6) is 0 Å². The van der Waals surface area contributed by atoms with Gasteiger partial charge in [-0.05, 0) is 32.4 Å². The summed E-state index contributed by atoms with van der Waals surface area (Å²) in [6.45, 7) is 5.91. The monoisotopic (exact) mass is 274 g/mol. The Morgan fingerprint density at radius 1 is 1.24 bits per heavy atom. The molecule has 2 atom stereocenters. The van der Waals surface area contributed by atoms with E-state index in [9.17, 15) is 0 Å². The number of ether oxygens (including phenoxy) is 2. The molecule has 0 bridgehead atoms. The fourth-order valence-electron chi connectivity index (χ4n) is 2.13. The highest BCUT2D eigenvalue weighted by Gasteiger charge is 2.41. The van der Waals surface area contributed by atoms with Crippen LogP contribution in [0, 0.1) is 0 Å². The third-order valence-corrected chi connectivity index (χ3v) is 3.42. The van der Waals surface area contributed by atoms with Gasteiger partial charge < -0.3 is 9.47 Å². The Balaban J connectivity index is 2.32. The quantitative estimate of drug-likeness (QED) is 0.785. The van der Waals surface area contributed by atoms with Crippen LogP contribution in [-0.4, -0.2) is 11.9 Å². The second-order valence-electron chi connectivity index (χ2n) is 4.67. The second-order valence-corrected chi connectivity index (χ2v) is 5.51. The van der Waals surface area contributed by atoms with E-state index < -0.39 is 5.79 Å². The average molecular weight is 275 g/mol. The maximum absolute atomic E-state index is 6.20. The number of benzene rings is 1. The molecule has 4 heteroatoms. The van der Waals surface area contributed by atoms with E-state index >= 15 is 0 Å². The summed E-state index contributed by atoms with van der Waals surface area (Å²) in [7, 11) is 0. The molecule has 1 aromatic carbocycles. The number of rotatable bonds is 2. The fraction of sp³-hybridized carbons (Fsp3) is 0.538. The fourth-order valence-corrected chi connectivity index (χ4v) is 2.65. The summed E-state index contributed by atoms with van der Waals surface area (Å²) in [5, 5.41) is 1.26. The largest absolute Gasteiger partial charge is 0.344 e. The van der Waals surface area contributed by atoms with Crippen LogP contribution in [-0.2, 0) is 9.47 Å². The van der Waals surface area contributed by atoms with Gasteiger partial charge in [-0.1, -0.05) is 36.2 Å². The lowest BCUT2D eigenvalue weighted by Crippen LogP contribution is -2.21. The summed E-state index contributed by atoms with van der Waals surface area (Å²) >= 11 is 12.1. The highest BCUT2D eigenvalue weighted by molar-refractivity contribution is 6.35. The van der Waals surface area contributed by atoms with Crippen LogP contribution in [0.3, 0.4) is 0 Å². The molecule has 1 heterocycles. The first kappa shape index (κ1) is 13.2. The molecule has 0 amide bonds. The minimum absolute atomic E-state index is 0.0312. The Labute approximate surface area is 112 Å². The lowest BCUT2D eigenvalue weighted by atomic mass is 10.0. The Hall–Kier alpha value is -0.280. The van der Waals surface area contributed by atoms with Crippen LogP contribution in [0.15, 0.2) is 18.2 Å². The van der Waals surface area contributed by atoms with Gasteiger partial charge in [0.15, 0.2) is 5.79 Å². The van der Waals surface area contributed by atoms with Gasteiger partial charge in [0.2, 0.25) is 0 Å². The summed E-state index contributed by atoms with van der Waals surface area (Å²) < 4.78 is 11.7. The molecule has 2 nitrogen and oxygen atoms in total. The van der Waals surface area contributed by atoms with Crippen LogP contribution in [0.4, 0.5) is 0 Å². The molecule has 0 radical (unpaired) electrons. The van der Waals surface area contributed by atoms with E-state index in [4.69, 9.17) is 32.7 Å². The minimum Gasteiger partial charge on any atom is -0.344 e. The molecule has 0 aliphatic carbocycles. The van der Waals surface area contributed by atoms with Gasteiger partial charge in [-0.15, -0.1) is 0 Å². The van der Waals surface area contributed by atoms with Crippen LogP contribution in [0.2, 0.25) is 10.0 Å². The van der Waals surface area contributed by atoms with Crippen molar-refractivity contribution in [1.29, 1.82) is 0 Å². The number of hydrogen-bond donors (Lipinski definition) is 0. The van der Waals surface area contributed by atoms with Crippen molar-refractivity contribution in [3.05, 3.63) is 33.8 Å². The Morgan fingerprint density at radius 2 is 1.94 bits per heavy atom. The smallest absolute Gasteiger partial charge is 0.164 e. The van der Waals surface area contributed by atoms with E-state index in [1.54, 1.807) is 6.07 Å². The summed E-state index contributed by atoms with van der Waals surface area (Å²) in [5.74, 6) is -0.561. The van der Waals surface area contributed by atoms with Crippen LogP contribution in [0.25, 0.3) is 0 Å². The molecular weight excluding hydrogens is 259 g/mol. The van der Waals surface area contributed by atoms with Gasteiger partial charge >= 0.3 is 0 Å². The van der Waals surface area contributed by atoms with Crippen LogP contribution < -0.4 is 0 Å². The van der Waals surface area contributed by atoms with Gasteiger partial charge in [-0.2, -0.15) is 0 Å². The summed E-state index contributed by atoms with van der Waals surface area (Å²) in [5.41, 5.74) is 0.938. The van der Waals surface area contributed by atoms with Gasteiger partial charge in [0.1, 0.15) is 6.10 Å². The predicted molar refractivity (Wildman–Crippen MR) is 69.5 cm³/mol. The van der Waals surface area contributed by atoms with E-state index in [-0.39, 0.29) is 12.2 Å². The normalized spacial score (nSPS) is 27.4. The lowest BCUT2D eigenvalue weighted by Gasteiger charge is -2.18. The van der Waals surface area contributed by atoms with Crippen molar-refractivity contribution in [2.24, 2.45) is 0 Å². The topological polar surface area (TPSA) is 18.5 Å². The van der Waals surface area contributed by atoms with Gasteiger partial charge in [-0.25, -0.2) is 0 Å². The molecule has 0 spiro atoms. The number of halogens is 2. The molecule has 2 rings (SSSR count). The van der Waals surface area contributed by atoms with Crippen LogP contribution >= 0.6 is 23.2 Å². The Morgan fingerprint density at radius 3 is 2.53 bits per heavy atom. The molecule has 0 N–H and O–H groups in total. The van der Waals surface area contributed by atoms with Crippen molar-refractivity contribution in [1.82, 2.24) is 0 Å². The highest BCUT2D eigenvalue weighted by Crippen LogP contribution is 2.42. The van der Waals surface area contributed by atoms with E-state index in [0.29, 0.717) is 10.0 Å². The molecule has 1 saturated heterocycles. The van der Waals surface area contributed by atoms with Gasteiger partial charge in [0.05, 0.1) is 6.10 Å². The minimum atomic E-state index is -0.561. The van der Waals surface area contributed by atoms with Gasteiger partial charge in [-0.3, -0.25) is 0 Å². The maximum atomic E-state index is 6.20. The van der Waals surface area contributed by atoms with Crippen molar-refractivity contribution in [2.75, 3.05) is 0 Å².